The Morgan fingerprint density at radius 2 is 2.55 bits per heavy atom. The molecule has 1 N–H and O–H groups in total. The molecule has 2 heterocycles. The summed E-state index contributed by atoms with van der Waals surface area (Å²) in [5.41, 5.74) is 2.50. The minimum Gasteiger partial charge on any atom is -0.298 e. The van der Waals surface area contributed by atoms with Crippen molar-refractivity contribution in [1.82, 2.24) is 15.1 Å². The molecule has 58 valence electrons. The Bertz CT molecular complexity index is 261. The van der Waals surface area contributed by atoms with E-state index in [1.807, 2.05) is 6.07 Å². The van der Waals surface area contributed by atoms with Crippen molar-refractivity contribution in [3.8, 4) is 0 Å². The lowest BCUT2D eigenvalue weighted by Gasteiger charge is -2.05. The summed E-state index contributed by atoms with van der Waals surface area (Å²) >= 11 is 0. The number of nitrogens with one attached hydrogen (secondary N) is 1. The van der Waals surface area contributed by atoms with Crippen LogP contribution < -0.4 is 0 Å². The largest absolute Gasteiger partial charge is 0.298 e. The summed E-state index contributed by atoms with van der Waals surface area (Å²) in [6, 6.07) is 2.00. The zero-order valence-corrected chi connectivity index (χ0v) is 6.54. The zero-order chi connectivity index (χ0) is 7.68. The molecule has 0 amide bonds. The fourth-order valence-electron chi connectivity index (χ4n) is 1.32. The second kappa shape index (κ2) is 2.51. The molecule has 0 radical (unpaired) electrons. The van der Waals surface area contributed by atoms with Crippen LogP contribution in [0.3, 0.4) is 0 Å². The van der Waals surface area contributed by atoms with Crippen molar-refractivity contribution >= 4 is 5.57 Å². The van der Waals surface area contributed by atoms with E-state index in [-0.39, 0.29) is 0 Å². The summed E-state index contributed by atoms with van der Waals surface area (Å²) in [6.07, 6.45) is 4.02. The van der Waals surface area contributed by atoms with Gasteiger partial charge in [0.15, 0.2) is 0 Å². The Balaban J connectivity index is 2.19. The second-order valence-electron chi connectivity index (χ2n) is 2.90. The van der Waals surface area contributed by atoms with Crippen molar-refractivity contribution in [3.63, 3.8) is 0 Å². The Labute approximate surface area is 65.7 Å². The zero-order valence-electron chi connectivity index (χ0n) is 6.54. The van der Waals surface area contributed by atoms with Crippen LogP contribution in [0.15, 0.2) is 18.3 Å². The van der Waals surface area contributed by atoms with Gasteiger partial charge in [-0.15, -0.1) is 0 Å². The van der Waals surface area contributed by atoms with Gasteiger partial charge in [-0.3, -0.25) is 10.00 Å². The number of hydrogen-bond acceptors (Lipinski definition) is 2. The van der Waals surface area contributed by atoms with E-state index in [0.29, 0.717) is 0 Å². The summed E-state index contributed by atoms with van der Waals surface area (Å²) in [4.78, 5) is 2.26. The maximum absolute atomic E-state index is 3.91. The van der Waals surface area contributed by atoms with Gasteiger partial charge in [0.2, 0.25) is 0 Å². The quantitative estimate of drug-likeness (QED) is 0.638. The summed E-state index contributed by atoms with van der Waals surface area (Å²) in [6.45, 7) is 2.08. The highest BCUT2D eigenvalue weighted by molar-refractivity contribution is 5.65. The smallest absolute Gasteiger partial charge is 0.0620 e. The topological polar surface area (TPSA) is 31.9 Å². The lowest BCUT2D eigenvalue weighted by molar-refractivity contribution is 0.438. The SMILES string of the molecule is CN1CC=C(c2ccn[nH]2)C1. The highest BCUT2D eigenvalue weighted by atomic mass is 15.1. The van der Waals surface area contributed by atoms with Crippen molar-refractivity contribution in [2.75, 3.05) is 20.1 Å². The van der Waals surface area contributed by atoms with E-state index in [0.717, 1.165) is 18.8 Å². The molecule has 0 aliphatic carbocycles. The van der Waals surface area contributed by atoms with Crippen LogP contribution in [0.25, 0.3) is 5.57 Å². The molecule has 1 aliphatic heterocycles. The van der Waals surface area contributed by atoms with Gasteiger partial charge in [-0.25, -0.2) is 0 Å². The fourth-order valence-corrected chi connectivity index (χ4v) is 1.32. The van der Waals surface area contributed by atoms with E-state index in [1.54, 1.807) is 6.20 Å². The van der Waals surface area contributed by atoms with Crippen molar-refractivity contribution in [2.24, 2.45) is 0 Å². The average Bonchev–Trinajstić information content (AvgIpc) is 2.55. The van der Waals surface area contributed by atoms with Crippen molar-refractivity contribution < 1.29 is 0 Å². The number of H-pyrrole nitrogens is 1. The van der Waals surface area contributed by atoms with Crippen LogP contribution in [0.1, 0.15) is 5.69 Å². The Kier molecular flexibility index (Phi) is 1.51. The third-order valence-electron chi connectivity index (χ3n) is 1.94. The van der Waals surface area contributed by atoms with Crippen LogP contribution in [0.4, 0.5) is 0 Å². The molecule has 0 bridgehead atoms. The van der Waals surface area contributed by atoms with Gasteiger partial charge < -0.3 is 0 Å². The highest BCUT2D eigenvalue weighted by Gasteiger charge is 2.11. The number of rotatable bonds is 1. The van der Waals surface area contributed by atoms with Gasteiger partial charge >= 0.3 is 0 Å². The molecular formula is C8H11N3. The molecule has 0 saturated carbocycles. The van der Waals surface area contributed by atoms with Crippen LogP contribution >= 0.6 is 0 Å². The first-order chi connectivity index (χ1) is 5.36. The van der Waals surface area contributed by atoms with Crippen LogP contribution in [0.5, 0.6) is 0 Å². The van der Waals surface area contributed by atoms with Crippen molar-refractivity contribution in [3.05, 3.63) is 24.0 Å². The lowest BCUT2D eigenvalue weighted by atomic mass is 10.2. The van der Waals surface area contributed by atoms with E-state index < -0.39 is 0 Å². The van der Waals surface area contributed by atoms with Crippen LogP contribution in [-0.4, -0.2) is 35.2 Å². The van der Waals surface area contributed by atoms with Gasteiger partial charge in [0, 0.05) is 19.3 Å². The highest BCUT2D eigenvalue weighted by Crippen LogP contribution is 2.16. The molecule has 1 aromatic rings. The number of hydrogen-bond donors (Lipinski definition) is 1. The molecule has 3 nitrogen and oxygen atoms in total. The van der Waals surface area contributed by atoms with E-state index >= 15 is 0 Å². The molecule has 1 aromatic heterocycles. The van der Waals surface area contributed by atoms with Gasteiger partial charge in [0.25, 0.3) is 0 Å². The van der Waals surface area contributed by atoms with E-state index in [4.69, 9.17) is 0 Å². The van der Waals surface area contributed by atoms with Gasteiger partial charge in [0.1, 0.15) is 0 Å². The number of nitrogens with zero attached hydrogens (tertiary/aromatic N) is 2. The van der Waals surface area contributed by atoms with E-state index in [9.17, 15) is 0 Å². The molecule has 11 heavy (non-hydrogen) atoms. The van der Waals surface area contributed by atoms with E-state index in [1.165, 1.54) is 5.57 Å². The molecular weight excluding hydrogens is 138 g/mol. The molecule has 2 rings (SSSR count). The van der Waals surface area contributed by atoms with Crippen LogP contribution in [0.2, 0.25) is 0 Å². The molecule has 0 fully saturated rings. The molecule has 3 heteroatoms. The van der Waals surface area contributed by atoms with E-state index in [2.05, 4.69) is 28.2 Å². The van der Waals surface area contributed by atoms with Crippen molar-refractivity contribution in [1.29, 1.82) is 0 Å². The first-order valence-electron chi connectivity index (χ1n) is 3.73. The molecule has 0 spiro atoms. The summed E-state index contributed by atoms with van der Waals surface area (Å²) in [5.74, 6) is 0. The third kappa shape index (κ3) is 1.19. The first-order valence-corrected chi connectivity index (χ1v) is 3.73. The normalized spacial score (nSPS) is 18.8. The lowest BCUT2D eigenvalue weighted by Crippen LogP contribution is -2.13. The minimum atomic E-state index is 1.03. The minimum absolute atomic E-state index is 1.03. The molecule has 1 aliphatic rings. The Morgan fingerprint density at radius 3 is 3.09 bits per heavy atom. The van der Waals surface area contributed by atoms with Gasteiger partial charge in [0.05, 0.1) is 5.69 Å². The van der Waals surface area contributed by atoms with Gasteiger partial charge in [-0.2, -0.15) is 5.10 Å². The summed E-state index contributed by atoms with van der Waals surface area (Å²) in [5, 5.41) is 6.86. The maximum atomic E-state index is 3.91. The third-order valence-corrected chi connectivity index (χ3v) is 1.94. The Hall–Kier alpha value is -1.09. The maximum Gasteiger partial charge on any atom is 0.0620 e. The standard InChI is InChI=1S/C8H11N3/c1-11-5-3-7(6-11)8-2-4-9-10-8/h2-4H,5-6H2,1H3,(H,9,10). The molecule has 0 aromatic carbocycles. The van der Waals surface area contributed by atoms with Gasteiger partial charge in [-0.1, -0.05) is 6.08 Å². The predicted molar refractivity (Wildman–Crippen MR) is 44.1 cm³/mol. The fraction of sp³-hybridized carbons (Fsp3) is 0.375. The number of likely N-dealkylation sites (N-methyl/N-ethyl adjacent to an activating group) is 1. The number of aromatic amines is 1. The average molecular weight is 149 g/mol. The van der Waals surface area contributed by atoms with Crippen LogP contribution in [-0.2, 0) is 0 Å². The number of aromatic nitrogens is 2. The predicted octanol–water partition coefficient (Wildman–Crippen LogP) is 0.738. The van der Waals surface area contributed by atoms with Gasteiger partial charge in [-0.05, 0) is 18.7 Å². The molecule has 0 atom stereocenters. The first kappa shape index (κ1) is 6.61. The Morgan fingerprint density at radius 1 is 1.64 bits per heavy atom. The molecule has 0 saturated heterocycles. The monoisotopic (exact) mass is 149 g/mol. The van der Waals surface area contributed by atoms with Crippen LogP contribution in [0, 0.1) is 0 Å². The summed E-state index contributed by atoms with van der Waals surface area (Å²) < 4.78 is 0. The second-order valence-corrected chi connectivity index (χ2v) is 2.90. The summed E-state index contributed by atoms with van der Waals surface area (Å²) in [7, 11) is 2.11. The molecule has 0 unspecified atom stereocenters. The van der Waals surface area contributed by atoms with Crippen molar-refractivity contribution in [2.45, 2.75) is 0 Å².